The van der Waals surface area contributed by atoms with Crippen LogP contribution in [0.1, 0.15) is 16.7 Å². The molecule has 0 aliphatic carbocycles. The Morgan fingerprint density at radius 1 is 0.207 bits per heavy atom. The molecule has 0 N–H and O–H groups in total. The molecule has 8 nitrogen and oxygen atoms in total. The van der Waals surface area contributed by atoms with Crippen molar-refractivity contribution in [3.05, 3.63) is 374 Å². The summed E-state index contributed by atoms with van der Waals surface area (Å²) in [7, 11) is 0. The molecule has 0 saturated heterocycles. The summed E-state index contributed by atoms with van der Waals surface area (Å²) in [5.41, 5.74) is 20.7. The van der Waals surface area contributed by atoms with Crippen molar-refractivity contribution in [3.8, 4) is 146 Å². The molecule has 528 valence electrons. The molecule has 15 aromatic carbocycles. The standard InChI is InChI=1S/C99H64F4N8/c1-59-22-16-18-32-74(59)67-40-48-88-83(51-67)84-52-68(41-49-89(84)110(88)91-54-70(77-47-42-72(100)57-85(77)102)38-45-80(91)98-106-94(62-24-8-4-9-25-62)104-95(107-98)63-26-10-5-11-27-63)76-43-36-66(50-61(76)3)82-56-73(101)58-86(103)93(82)71-39-46-81(99-108-96(64-28-12-6-13-29-64)105-97(109-99)65-30-14-7-15-31-65)92(55-71)111-87-35-21-20-34-78(87)79-44-37-69(53-90(79)111)75-33-19-17-23-60(75)2/h4-58H,1-3H3. The Labute approximate surface area is 637 Å². The van der Waals surface area contributed by atoms with Gasteiger partial charge in [-0.25, -0.2) is 47.5 Å². The largest absolute Gasteiger partial charge is 0.308 e. The topological polar surface area (TPSA) is 87.2 Å². The van der Waals surface area contributed by atoms with Crippen molar-refractivity contribution < 1.29 is 17.6 Å². The van der Waals surface area contributed by atoms with Crippen LogP contribution in [0.2, 0.25) is 0 Å². The third kappa shape index (κ3) is 12.3. The lowest BCUT2D eigenvalue weighted by molar-refractivity contribution is 0.585. The number of hydrogen-bond donors (Lipinski definition) is 0. The number of rotatable bonds is 14. The molecule has 0 aliphatic rings. The van der Waals surface area contributed by atoms with Crippen LogP contribution in [0, 0.1) is 44.0 Å². The molecule has 111 heavy (non-hydrogen) atoms. The Kier molecular flexibility index (Phi) is 16.8. The van der Waals surface area contributed by atoms with E-state index < -0.39 is 23.3 Å². The highest BCUT2D eigenvalue weighted by Crippen LogP contribution is 2.46. The van der Waals surface area contributed by atoms with Crippen molar-refractivity contribution in [2.75, 3.05) is 0 Å². The van der Waals surface area contributed by atoms with Gasteiger partial charge >= 0.3 is 0 Å². The van der Waals surface area contributed by atoms with Gasteiger partial charge in [0.25, 0.3) is 0 Å². The lowest BCUT2D eigenvalue weighted by Gasteiger charge is -2.19. The first kappa shape index (κ1) is 67.3. The van der Waals surface area contributed by atoms with E-state index in [1.807, 2.05) is 213 Å². The molecular weight excluding hydrogens is 1380 g/mol. The van der Waals surface area contributed by atoms with Gasteiger partial charge in [0.1, 0.15) is 23.3 Å². The van der Waals surface area contributed by atoms with Crippen LogP contribution in [0.25, 0.3) is 190 Å². The molecule has 0 bridgehead atoms. The molecule has 0 unspecified atom stereocenters. The minimum atomic E-state index is -0.737. The highest BCUT2D eigenvalue weighted by molar-refractivity contribution is 6.13. The van der Waals surface area contributed by atoms with E-state index in [0.717, 1.165) is 128 Å². The molecule has 12 heteroatoms. The van der Waals surface area contributed by atoms with Crippen molar-refractivity contribution in [1.82, 2.24) is 39.0 Å². The van der Waals surface area contributed by atoms with Crippen LogP contribution in [-0.4, -0.2) is 39.0 Å². The fourth-order valence-corrected chi connectivity index (χ4v) is 15.8. The van der Waals surface area contributed by atoms with Crippen molar-refractivity contribution in [2.45, 2.75) is 20.8 Å². The molecule has 0 saturated carbocycles. The van der Waals surface area contributed by atoms with E-state index in [0.29, 0.717) is 79.7 Å². The Morgan fingerprint density at radius 2 is 0.577 bits per heavy atom. The molecule has 19 rings (SSSR count). The zero-order valence-electron chi connectivity index (χ0n) is 60.3. The van der Waals surface area contributed by atoms with Crippen LogP contribution >= 0.6 is 0 Å². The number of aromatic nitrogens is 8. The minimum Gasteiger partial charge on any atom is -0.308 e. The smallest absolute Gasteiger partial charge is 0.166 e. The molecule has 0 fully saturated rings. The van der Waals surface area contributed by atoms with Gasteiger partial charge in [0, 0.05) is 78.2 Å². The maximum atomic E-state index is 17.8. The summed E-state index contributed by atoms with van der Waals surface area (Å²) in [6, 6.07) is 107. The fraction of sp³-hybridized carbons (Fsp3) is 0.0303. The molecule has 4 heterocycles. The molecule has 0 atom stereocenters. The van der Waals surface area contributed by atoms with Crippen LogP contribution in [0.15, 0.2) is 334 Å². The maximum Gasteiger partial charge on any atom is 0.166 e. The second-order valence-electron chi connectivity index (χ2n) is 28.0. The lowest BCUT2D eigenvalue weighted by Crippen LogP contribution is -2.04. The van der Waals surface area contributed by atoms with Gasteiger partial charge in [-0.2, -0.15) is 0 Å². The van der Waals surface area contributed by atoms with E-state index in [9.17, 15) is 4.39 Å². The Hall–Kier alpha value is -14.4. The summed E-state index contributed by atoms with van der Waals surface area (Å²) < 4.78 is 69.6. The van der Waals surface area contributed by atoms with Crippen LogP contribution in [-0.2, 0) is 0 Å². The molecular formula is C99H64F4N8. The van der Waals surface area contributed by atoms with Crippen molar-refractivity contribution in [3.63, 3.8) is 0 Å². The SMILES string of the molecule is Cc1ccccc1-c1ccc2c(c1)c1cc(-c3ccc(-c4cc(F)cc(F)c4-c4ccc(-c5nc(-c6ccccc6)nc(-c6ccccc6)n5)c(-n5c6ccccc6c6ccc(-c7ccccc7C)cc65)c4)cc3C)ccc1n2-c1cc(-c2ccc(F)cc2F)ccc1-c1nc(-c2ccccc2)nc(-c2ccccc2)n1. The predicted molar refractivity (Wildman–Crippen MR) is 441 cm³/mol. The zero-order chi connectivity index (χ0) is 75.0. The first-order chi connectivity index (χ1) is 54.4. The minimum absolute atomic E-state index is 0.206. The Bertz CT molecular complexity index is 6800. The average Bonchev–Trinajstić information content (AvgIpc) is 1.53. The zero-order valence-corrected chi connectivity index (χ0v) is 60.3. The van der Waals surface area contributed by atoms with Gasteiger partial charge in [-0.15, -0.1) is 0 Å². The summed E-state index contributed by atoms with van der Waals surface area (Å²) >= 11 is 0. The number of fused-ring (bicyclic) bond motifs is 6. The monoisotopic (exact) mass is 1440 g/mol. The van der Waals surface area contributed by atoms with Gasteiger partial charge < -0.3 is 9.13 Å². The van der Waals surface area contributed by atoms with Crippen molar-refractivity contribution >= 4 is 43.6 Å². The van der Waals surface area contributed by atoms with E-state index in [-0.39, 0.29) is 11.1 Å². The van der Waals surface area contributed by atoms with Gasteiger partial charge in [-0.1, -0.05) is 243 Å². The van der Waals surface area contributed by atoms with Crippen LogP contribution in [0.5, 0.6) is 0 Å². The molecule has 0 radical (unpaired) electrons. The Balaban J connectivity index is 0.791. The second kappa shape index (κ2) is 27.8. The van der Waals surface area contributed by atoms with Crippen LogP contribution in [0.3, 0.4) is 0 Å². The van der Waals surface area contributed by atoms with Gasteiger partial charge in [-0.05, 0) is 172 Å². The second-order valence-corrected chi connectivity index (χ2v) is 28.0. The summed E-state index contributed by atoms with van der Waals surface area (Å²) in [4.78, 5) is 31.1. The molecule has 4 aromatic heterocycles. The first-order valence-corrected chi connectivity index (χ1v) is 36.7. The van der Waals surface area contributed by atoms with E-state index >= 15 is 13.2 Å². The van der Waals surface area contributed by atoms with Gasteiger partial charge in [0.2, 0.25) is 0 Å². The van der Waals surface area contributed by atoms with Crippen LogP contribution < -0.4 is 0 Å². The van der Waals surface area contributed by atoms with Gasteiger partial charge in [-0.3, -0.25) is 0 Å². The third-order valence-electron chi connectivity index (χ3n) is 21.1. The number of hydrogen-bond acceptors (Lipinski definition) is 6. The maximum absolute atomic E-state index is 17.8. The van der Waals surface area contributed by atoms with Gasteiger partial charge in [0.05, 0.1) is 33.4 Å². The number of aryl methyl sites for hydroxylation is 3. The normalized spacial score (nSPS) is 11.6. The summed E-state index contributed by atoms with van der Waals surface area (Å²) in [5.74, 6) is -0.178. The van der Waals surface area contributed by atoms with Gasteiger partial charge in [0.15, 0.2) is 34.9 Å². The first-order valence-electron chi connectivity index (χ1n) is 36.7. The molecule has 19 aromatic rings. The molecule has 0 amide bonds. The number of benzene rings is 15. The summed E-state index contributed by atoms with van der Waals surface area (Å²) in [6.45, 7) is 6.24. The molecule has 0 aliphatic heterocycles. The average molecular weight is 1440 g/mol. The predicted octanol–water partition coefficient (Wildman–Crippen LogP) is 25.7. The quantitative estimate of drug-likeness (QED) is 0.101. The number of halogens is 4. The third-order valence-corrected chi connectivity index (χ3v) is 21.1. The summed E-state index contributed by atoms with van der Waals surface area (Å²) in [6.07, 6.45) is 0. The van der Waals surface area contributed by atoms with Crippen molar-refractivity contribution in [2.24, 2.45) is 0 Å². The fourth-order valence-electron chi connectivity index (χ4n) is 15.8. The van der Waals surface area contributed by atoms with Crippen LogP contribution in [0.4, 0.5) is 17.6 Å². The number of nitrogens with zero attached hydrogens (tertiary/aromatic N) is 8. The Morgan fingerprint density at radius 3 is 1.09 bits per heavy atom. The van der Waals surface area contributed by atoms with Crippen molar-refractivity contribution in [1.29, 1.82) is 0 Å². The highest BCUT2D eigenvalue weighted by atomic mass is 19.1. The highest BCUT2D eigenvalue weighted by Gasteiger charge is 2.27. The lowest BCUT2D eigenvalue weighted by atomic mass is 9.90. The molecule has 0 spiro atoms. The summed E-state index contributed by atoms with van der Waals surface area (Å²) in [5, 5.41) is 3.86. The van der Waals surface area contributed by atoms with E-state index in [4.69, 9.17) is 29.9 Å². The van der Waals surface area contributed by atoms with E-state index in [1.54, 1.807) is 0 Å². The van der Waals surface area contributed by atoms with E-state index in [2.05, 4.69) is 120 Å². The number of para-hydroxylation sites is 1. The van der Waals surface area contributed by atoms with E-state index in [1.165, 1.54) is 18.2 Å².